The summed E-state index contributed by atoms with van der Waals surface area (Å²) in [5.74, 6) is 0.607. The van der Waals surface area contributed by atoms with E-state index in [0.717, 1.165) is 35.0 Å². The molecule has 1 aromatic carbocycles. The van der Waals surface area contributed by atoms with E-state index in [-0.39, 0.29) is 12.0 Å². The number of ether oxygens (including phenoxy) is 1. The van der Waals surface area contributed by atoms with Gasteiger partial charge in [-0.2, -0.15) is 0 Å². The predicted octanol–water partition coefficient (Wildman–Crippen LogP) is 6.23. The summed E-state index contributed by atoms with van der Waals surface area (Å²) in [4.78, 5) is 22.3. The Morgan fingerprint density at radius 1 is 1.11 bits per heavy atom. The number of nitrogens with one attached hydrogen (secondary N) is 1. The molecule has 0 saturated carbocycles. The standard InChI is InChI=1S/C29H36N4O4S/c1-18(2)25-23-17-20(19-10-14-32(15-11-19)28(34)37-29(3,4)5)7-8-24(23)31-26(25)21-9-13-30-27-22(21)12-16-33(27)38(6,35)36/h7-9,12-13,16-19,31H,10-11,14-15H2,1-6H3. The molecule has 3 aromatic heterocycles. The van der Waals surface area contributed by atoms with E-state index in [1.54, 1.807) is 12.4 Å². The van der Waals surface area contributed by atoms with Gasteiger partial charge in [0.05, 0.1) is 11.9 Å². The molecule has 4 aromatic rings. The Bertz CT molecular complexity index is 1620. The number of rotatable bonds is 4. The molecule has 4 heterocycles. The van der Waals surface area contributed by atoms with Gasteiger partial charge in [0.1, 0.15) is 5.60 Å². The van der Waals surface area contributed by atoms with E-state index in [0.29, 0.717) is 24.7 Å². The third-order valence-electron chi connectivity index (χ3n) is 7.24. The van der Waals surface area contributed by atoms with Crippen LogP contribution in [0.4, 0.5) is 4.79 Å². The number of aromatic nitrogens is 3. The van der Waals surface area contributed by atoms with Crippen LogP contribution in [-0.4, -0.2) is 58.3 Å². The van der Waals surface area contributed by atoms with Gasteiger partial charge in [0.15, 0.2) is 5.65 Å². The van der Waals surface area contributed by atoms with E-state index in [4.69, 9.17) is 4.74 Å². The second-order valence-electron chi connectivity index (χ2n) is 11.6. The van der Waals surface area contributed by atoms with Gasteiger partial charge >= 0.3 is 6.09 Å². The van der Waals surface area contributed by atoms with Crippen molar-refractivity contribution < 1.29 is 17.9 Å². The summed E-state index contributed by atoms with van der Waals surface area (Å²) in [6.07, 6.45) is 5.96. The van der Waals surface area contributed by atoms with Gasteiger partial charge in [0.25, 0.3) is 0 Å². The number of aromatic amines is 1. The second-order valence-corrected chi connectivity index (χ2v) is 13.4. The smallest absolute Gasteiger partial charge is 0.410 e. The van der Waals surface area contributed by atoms with Crippen LogP contribution in [0.25, 0.3) is 33.2 Å². The Labute approximate surface area is 224 Å². The second kappa shape index (κ2) is 9.45. The van der Waals surface area contributed by atoms with Gasteiger partial charge in [0, 0.05) is 47.3 Å². The number of benzene rings is 1. The van der Waals surface area contributed by atoms with Crippen LogP contribution in [0.15, 0.2) is 42.7 Å². The van der Waals surface area contributed by atoms with Crippen molar-refractivity contribution in [3.05, 3.63) is 53.9 Å². The maximum Gasteiger partial charge on any atom is 0.410 e. The maximum atomic E-state index is 12.5. The van der Waals surface area contributed by atoms with E-state index in [1.807, 2.05) is 37.8 Å². The van der Waals surface area contributed by atoms with Crippen molar-refractivity contribution in [2.45, 2.75) is 64.9 Å². The van der Waals surface area contributed by atoms with Crippen molar-refractivity contribution in [3.8, 4) is 11.3 Å². The highest BCUT2D eigenvalue weighted by atomic mass is 32.2. The number of likely N-dealkylation sites (tertiary alicyclic amines) is 1. The molecule has 1 saturated heterocycles. The molecule has 8 nitrogen and oxygen atoms in total. The molecule has 9 heteroatoms. The normalized spacial score (nSPS) is 15.6. The Morgan fingerprint density at radius 2 is 1.82 bits per heavy atom. The van der Waals surface area contributed by atoms with Crippen LogP contribution in [0.5, 0.6) is 0 Å². The first kappa shape index (κ1) is 26.3. The first-order chi connectivity index (χ1) is 17.8. The average molecular weight is 537 g/mol. The van der Waals surface area contributed by atoms with Crippen LogP contribution in [0, 0.1) is 0 Å². The number of nitrogens with zero attached hydrogens (tertiary/aromatic N) is 3. The highest BCUT2D eigenvalue weighted by Gasteiger charge is 2.28. The van der Waals surface area contributed by atoms with Gasteiger partial charge < -0.3 is 14.6 Å². The fourth-order valence-corrected chi connectivity index (χ4v) is 6.26. The van der Waals surface area contributed by atoms with Crippen molar-refractivity contribution in [2.75, 3.05) is 19.3 Å². The third-order valence-corrected chi connectivity index (χ3v) is 8.25. The number of H-pyrrole nitrogens is 1. The average Bonchev–Trinajstić information content (AvgIpc) is 3.44. The molecule has 1 aliphatic heterocycles. The van der Waals surface area contributed by atoms with E-state index in [9.17, 15) is 13.2 Å². The molecular formula is C29H36N4O4S. The lowest BCUT2D eigenvalue weighted by molar-refractivity contribution is 0.0205. The van der Waals surface area contributed by atoms with Gasteiger partial charge in [-0.3, -0.25) is 0 Å². The minimum absolute atomic E-state index is 0.239. The van der Waals surface area contributed by atoms with E-state index in [1.165, 1.54) is 26.7 Å². The number of hydrogen-bond acceptors (Lipinski definition) is 5. The fourth-order valence-electron chi connectivity index (χ4n) is 5.52. The molecule has 1 fully saturated rings. The fraction of sp³-hybridized carbons (Fsp3) is 0.448. The van der Waals surface area contributed by atoms with E-state index in [2.05, 4.69) is 42.0 Å². The molecule has 0 unspecified atom stereocenters. The van der Waals surface area contributed by atoms with Gasteiger partial charge in [-0.05, 0) is 80.8 Å². The quantitative estimate of drug-likeness (QED) is 0.333. The lowest BCUT2D eigenvalue weighted by Crippen LogP contribution is -2.41. The van der Waals surface area contributed by atoms with Crippen molar-refractivity contribution in [1.29, 1.82) is 0 Å². The van der Waals surface area contributed by atoms with Crippen molar-refractivity contribution >= 4 is 38.1 Å². The van der Waals surface area contributed by atoms with Crippen LogP contribution >= 0.6 is 0 Å². The third kappa shape index (κ3) is 4.91. The summed E-state index contributed by atoms with van der Waals surface area (Å²) in [6.45, 7) is 11.4. The molecular weight excluding hydrogens is 500 g/mol. The summed E-state index contributed by atoms with van der Waals surface area (Å²) >= 11 is 0. The Hall–Kier alpha value is -3.33. The molecule has 1 amide bonds. The molecule has 1 aliphatic rings. The molecule has 5 rings (SSSR count). The summed E-state index contributed by atoms with van der Waals surface area (Å²) in [5, 5.41) is 1.97. The van der Waals surface area contributed by atoms with Gasteiger partial charge in [-0.15, -0.1) is 0 Å². The van der Waals surface area contributed by atoms with Crippen LogP contribution in [-0.2, 0) is 14.8 Å². The first-order valence-corrected chi connectivity index (χ1v) is 15.0. The monoisotopic (exact) mass is 536 g/mol. The number of hydrogen-bond donors (Lipinski definition) is 1. The molecule has 0 bridgehead atoms. The largest absolute Gasteiger partial charge is 0.444 e. The summed E-state index contributed by atoms with van der Waals surface area (Å²) in [5.41, 5.74) is 5.38. The molecule has 1 N–H and O–H groups in total. The lowest BCUT2D eigenvalue weighted by atomic mass is 9.87. The van der Waals surface area contributed by atoms with Gasteiger partial charge in [0.2, 0.25) is 10.0 Å². The van der Waals surface area contributed by atoms with Crippen molar-refractivity contribution in [2.24, 2.45) is 0 Å². The van der Waals surface area contributed by atoms with Gasteiger partial charge in [-0.25, -0.2) is 22.2 Å². The van der Waals surface area contributed by atoms with E-state index >= 15 is 0 Å². The van der Waals surface area contributed by atoms with Gasteiger partial charge in [-0.1, -0.05) is 19.9 Å². The molecule has 0 aliphatic carbocycles. The number of fused-ring (bicyclic) bond motifs is 2. The van der Waals surface area contributed by atoms with Crippen LogP contribution < -0.4 is 0 Å². The highest BCUT2D eigenvalue weighted by molar-refractivity contribution is 7.89. The summed E-state index contributed by atoms with van der Waals surface area (Å²) < 4.78 is 31.3. The molecule has 202 valence electrons. The predicted molar refractivity (Wildman–Crippen MR) is 151 cm³/mol. The number of carbonyl (C=O) groups excluding carboxylic acids is 1. The van der Waals surface area contributed by atoms with Crippen molar-refractivity contribution in [3.63, 3.8) is 0 Å². The molecule has 0 spiro atoms. The van der Waals surface area contributed by atoms with Crippen LogP contribution in [0.2, 0.25) is 0 Å². The summed E-state index contributed by atoms with van der Waals surface area (Å²) in [6, 6.07) is 10.4. The Morgan fingerprint density at radius 3 is 2.45 bits per heavy atom. The van der Waals surface area contributed by atoms with Crippen LogP contribution in [0.3, 0.4) is 0 Å². The van der Waals surface area contributed by atoms with E-state index < -0.39 is 15.6 Å². The topological polar surface area (TPSA) is 97.3 Å². The Balaban J connectivity index is 1.49. The number of pyridine rings is 1. The molecule has 0 radical (unpaired) electrons. The number of amides is 1. The zero-order valence-corrected chi connectivity index (χ0v) is 23.7. The zero-order chi connectivity index (χ0) is 27.4. The number of piperidine rings is 1. The SMILES string of the molecule is CC(C)c1c(-c2ccnc3c2ccn3S(C)(=O)=O)[nH]c2ccc(C3CCN(C(=O)OC(C)(C)C)CC3)cc12. The van der Waals surface area contributed by atoms with Crippen molar-refractivity contribution in [1.82, 2.24) is 18.8 Å². The molecule has 0 atom stereocenters. The lowest BCUT2D eigenvalue weighted by Gasteiger charge is -2.33. The molecule has 38 heavy (non-hydrogen) atoms. The minimum atomic E-state index is -3.46. The van der Waals surface area contributed by atoms with Crippen LogP contribution in [0.1, 0.15) is 70.4 Å². The first-order valence-electron chi connectivity index (χ1n) is 13.1. The summed E-state index contributed by atoms with van der Waals surface area (Å²) in [7, 11) is -3.46. The highest BCUT2D eigenvalue weighted by Crippen LogP contribution is 2.40. The number of carbonyl (C=O) groups is 1. The Kier molecular flexibility index (Phi) is 6.54. The maximum absolute atomic E-state index is 12.5. The minimum Gasteiger partial charge on any atom is -0.444 e. The zero-order valence-electron chi connectivity index (χ0n) is 22.9.